The topological polar surface area (TPSA) is 108 Å². The van der Waals surface area contributed by atoms with Crippen LogP contribution in [-0.2, 0) is 20.7 Å². The van der Waals surface area contributed by atoms with E-state index in [-0.39, 0.29) is 37.0 Å². The lowest BCUT2D eigenvalue weighted by Crippen LogP contribution is -2.56. The highest BCUT2D eigenvalue weighted by molar-refractivity contribution is 6.35. The van der Waals surface area contributed by atoms with Crippen LogP contribution in [0.15, 0.2) is 42.5 Å². The molecule has 0 spiro atoms. The number of rotatable bonds is 11. The molecule has 2 aromatic carbocycles. The number of amides is 3. The average Bonchev–Trinajstić information content (AvgIpc) is 2.92. The van der Waals surface area contributed by atoms with Crippen LogP contribution < -0.4 is 15.5 Å². The molecule has 0 radical (unpaired) electrons. The summed E-state index contributed by atoms with van der Waals surface area (Å²) in [6.07, 6.45) is -0.0115. The molecule has 3 amide bonds. The maximum Gasteiger partial charge on any atom is 0.407 e. The number of nitrogens with one attached hydrogen (secondary N) is 2. The van der Waals surface area contributed by atoms with Crippen molar-refractivity contribution in [2.75, 3.05) is 37.6 Å². The van der Waals surface area contributed by atoms with E-state index in [2.05, 4.69) is 15.5 Å². The molecule has 0 aliphatic carbocycles. The first kappa shape index (κ1) is 34.2. The number of anilines is 1. The number of hydrogen-bond acceptors (Lipinski definition) is 6. The van der Waals surface area contributed by atoms with E-state index < -0.39 is 23.6 Å². The van der Waals surface area contributed by atoms with Crippen molar-refractivity contribution in [2.45, 2.75) is 65.5 Å². The molecule has 1 heterocycles. The molecule has 43 heavy (non-hydrogen) atoms. The summed E-state index contributed by atoms with van der Waals surface area (Å²) in [5.74, 6) is -0.267. The van der Waals surface area contributed by atoms with Gasteiger partial charge in [0.2, 0.25) is 11.8 Å². The van der Waals surface area contributed by atoms with Crippen molar-refractivity contribution in [1.82, 2.24) is 15.5 Å². The normalized spacial score (nSPS) is 14.3. The summed E-state index contributed by atoms with van der Waals surface area (Å²) in [5, 5.41) is 6.27. The number of Topliss-reactive ketones (excluding diaryl/α,β-unsaturated/α-hetero) is 1. The highest BCUT2D eigenvalue weighted by atomic mass is 35.5. The third kappa shape index (κ3) is 10.7. The lowest BCUT2D eigenvalue weighted by molar-refractivity contribution is -0.136. The van der Waals surface area contributed by atoms with E-state index in [1.54, 1.807) is 43.9 Å². The molecule has 2 aromatic rings. The van der Waals surface area contributed by atoms with Gasteiger partial charge in [-0.1, -0.05) is 55.2 Å². The molecule has 1 aliphatic rings. The number of carbonyl (C=O) groups excluding carboxylic acids is 4. The van der Waals surface area contributed by atoms with Crippen LogP contribution in [0.5, 0.6) is 0 Å². The zero-order valence-corrected chi connectivity index (χ0v) is 27.1. The maximum absolute atomic E-state index is 13.8. The number of carbonyl (C=O) groups is 4. The first-order valence-corrected chi connectivity index (χ1v) is 15.3. The van der Waals surface area contributed by atoms with Crippen molar-refractivity contribution < 1.29 is 23.9 Å². The molecule has 2 N–H and O–H groups in total. The summed E-state index contributed by atoms with van der Waals surface area (Å²) in [4.78, 5) is 55.4. The van der Waals surface area contributed by atoms with Crippen LogP contribution in [0, 0.1) is 5.92 Å². The molecule has 0 bridgehead atoms. The Hall–Kier alpha value is -3.30. The molecule has 234 valence electrons. The number of para-hydroxylation sites is 1. The second-order valence-corrected chi connectivity index (χ2v) is 12.9. The van der Waals surface area contributed by atoms with Gasteiger partial charge in [0.05, 0.1) is 0 Å². The van der Waals surface area contributed by atoms with Crippen molar-refractivity contribution >= 4 is 52.6 Å². The molecule has 1 aliphatic heterocycles. The van der Waals surface area contributed by atoms with Crippen LogP contribution in [0.1, 0.15) is 63.4 Å². The third-order valence-corrected chi connectivity index (χ3v) is 7.41. The lowest BCUT2D eigenvalue weighted by atomic mass is 9.99. The second-order valence-electron chi connectivity index (χ2n) is 12.1. The molecule has 1 unspecified atom stereocenters. The fourth-order valence-electron chi connectivity index (χ4n) is 4.82. The van der Waals surface area contributed by atoms with Gasteiger partial charge in [0, 0.05) is 73.3 Å². The average molecular weight is 634 g/mol. The van der Waals surface area contributed by atoms with Gasteiger partial charge in [-0.2, -0.15) is 0 Å². The van der Waals surface area contributed by atoms with Gasteiger partial charge in [-0.3, -0.25) is 14.4 Å². The minimum absolute atomic E-state index is 0.0354. The maximum atomic E-state index is 13.8. The van der Waals surface area contributed by atoms with Crippen molar-refractivity contribution in [3.05, 3.63) is 63.6 Å². The summed E-state index contributed by atoms with van der Waals surface area (Å²) in [6, 6.07) is 11.7. The van der Waals surface area contributed by atoms with Crippen molar-refractivity contribution in [2.24, 2.45) is 5.92 Å². The van der Waals surface area contributed by atoms with Crippen molar-refractivity contribution in [3.8, 4) is 0 Å². The zero-order chi connectivity index (χ0) is 31.7. The molecule has 11 heteroatoms. The molecular weight excluding hydrogens is 591 g/mol. The van der Waals surface area contributed by atoms with Crippen molar-refractivity contribution in [1.29, 1.82) is 0 Å². The Labute approximate surface area is 264 Å². The number of nitrogens with zero attached hydrogens (tertiary/aromatic N) is 2. The molecule has 1 atom stereocenters. The predicted molar refractivity (Wildman–Crippen MR) is 170 cm³/mol. The summed E-state index contributed by atoms with van der Waals surface area (Å²) >= 11 is 12.5. The minimum atomic E-state index is -0.876. The Morgan fingerprint density at radius 1 is 0.977 bits per heavy atom. The Morgan fingerprint density at radius 3 is 2.28 bits per heavy atom. The van der Waals surface area contributed by atoms with Gasteiger partial charge in [-0.25, -0.2) is 4.79 Å². The number of ether oxygens (including phenoxy) is 1. The SMILES string of the molecule is CC(C)CC(=O)c1ccccc1N1CCN(C(=O)C(Cc2ccc(Cl)cc2Cl)NC(=O)CCNC(=O)OC(C)(C)C)CC1. The molecule has 1 saturated heterocycles. The Balaban J connectivity index is 1.68. The van der Waals surface area contributed by atoms with Crippen LogP contribution >= 0.6 is 23.2 Å². The monoisotopic (exact) mass is 632 g/mol. The lowest BCUT2D eigenvalue weighted by Gasteiger charge is -2.38. The largest absolute Gasteiger partial charge is 0.444 e. The van der Waals surface area contributed by atoms with E-state index in [1.807, 2.05) is 38.1 Å². The Kier molecular flexibility index (Phi) is 12.3. The van der Waals surface area contributed by atoms with Gasteiger partial charge >= 0.3 is 6.09 Å². The van der Waals surface area contributed by atoms with Crippen LogP contribution in [-0.4, -0.2) is 73.0 Å². The van der Waals surface area contributed by atoms with E-state index in [0.29, 0.717) is 53.8 Å². The zero-order valence-electron chi connectivity index (χ0n) is 25.5. The fraction of sp³-hybridized carbons (Fsp3) is 0.500. The molecule has 0 saturated carbocycles. The van der Waals surface area contributed by atoms with E-state index in [0.717, 1.165) is 5.69 Å². The molecule has 1 fully saturated rings. The smallest absolute Gasteiger partial charge is 0.407 e. The highest BCUT2D eigenvalue weighted by Crippen LogP contribution is 2.26. The predicted octanol–water partition coefficient (Wildman–Crippen LogP) is 5.51. The first-order chi connectivity index (χ1) is 20.2. The summed E-state index contributed by atoms with van der Waals surface area (Å²) < 4.78 is 5.21. The third-order valence-electron chi connectivity index (χ3n) is 6.82. The van der Waals surface area contributed by atoms with E-state index in [9.17, 15) is 19.2 Å². The fourth-order valence-corrected chi connectivity index (χ4v) is 5.31. The molecule has 0 aromatic heterocycles. The van der Waals surface area contributed by atoms with E-state index in [1.165, 1.54) is 0 Å². The van der Waals surface area contributed by atoms with Gasteiger partial charge in [-0.05, 0) is 56.5 Å². The van der Waals surface area contributed by atoms with Crippen LogP contribution in [0.3, 0.4) is 0 Å². The van der Waals surface area contributed by atoms with E-state index in [4.69, 9.17) is 27.9 Å². The number of benzene rings is 2. The summed E-state index contributed by atoms with van der Waals surface area (Å²) in [6.45, 7) is 11.3. The molecule has 9 nitrogen and oxygen atoms in total. The molecular formula is C32H42Cl2N4O5. The van der Waals surface area contributed by atoms with E-state index >= 15 is 0 Å². The second kappa shape index (κ2) is 15.4. The Morgan fingerprint density at radius 2 is 1.65 bits per heavy atom. The van der Waals surface area contributed by atoms with Gasteiger partial charge in [0.1, 0.15) is 11.6 Å². The summed E-state index contributed by atoms with van der Waals surface area (Å²) in [5.41, 5.74) is 1.58. The minimum Gasteiger partial charge on any atom is -0.444 e. The van der Waals surface area contributed by atoms with Gasteiger partial charge < -0.3 is 25.2 Å². The van der Waals surface area contributed by atoms with Crippen molar-refractivity contribution in [3.63, 3.8) is 0 Å². The van der Waals surface area contributed by atoms with Crippen LogP contribution in [0.2, 0.25) is 10.0 Å². The number of halogens is 2. The van der Waals surface area contributed by atoms with Crippen LogP contribution in [0.4, 0.5) is 10.5 Å². The van der Waals surface area contributed by atoms with Crippen LogP contribution in [0.25, 0.3) is 0 Å². The summed E-state index contributed by atoms with van der Waals surface area (Å²) in [7, 11) is 0. The standard InChI is InChI=1S/C32H42Cl2N4O5/c1-21(2)18-28(39)24-8-6-7-9-27(24)37-14-16-38(17-15-37)30(41)26(19-22-10-11-23(33)20-25(22)34)36-29(40)12-13-35-31(42)43-32(3,4)5/h6-11,20-21,26H,12-19H2,1-5H3,(H,35,42)(H,36,40). The quantitative estimate of drug-likeness (QED) is 0.316. The Bertz CT molecular complexity index is 1300. The highest BCUT2D eigenvalue weighted by Gasteiger charge is 2.30. The number of alkyl carbamates (subject to hydrolysis) is 1. The number of hydrogen-bond donors (Lipinski definition) is 2. The van der Waals surface area contributed by atoms with Gasteiger partial charge in [-0.15, -0.1) is 0 Å². The van der Waals surface area contributed by atoms with Gasteiger partial charge in [0.15, 0.2) is 5.78 Å². The first-order valence-electron chi connectivity index (χ1n) is 14.6. The van der Waals surface area contributed by atoms with Gasteiger partial charge in [0.25, 0.3) is 0 Å². The number of ketones is 1. The number of piperazine rings is 1. The molecule has 3 rings (SSSR count).